The van der Waals surface area contributed by atoms with Crippen molar-refractivity contribution in [1.29, 1.82) is 0 Å². The largest absolute Gasteiger partial charge is 0.390 e. The third-order valence-electron chi connectivity index (χ3n) is 4.30. The molecule has 1 aliphatic rings. The number of carbonyl (C=O) groups excluding carboxylic acids is 1. The van der Waals surface area contributed by atoms with Crippen LogP contribution in [-0.4, -0.2) is 30.9 Å². The van der Waals surface area contributed by atoms with Gasteiger partial charge in [0, 0.05) is 19.9 Å². The maximum absolute atomic E-state index is 11.8. The Labute approximate surface area is 148 Å². The van der Waals surface area contributed by atoms with Gasteiger partial charge < -0.3 is 15.5 Å². The summed E-state index contributed by atoms with van der Waals surface area (Å²) in [4.78, 5) is 17.5. The number of benzene rings is 2. The van der Waals surface area contributed by atoms with Crippen molar-refractivity contribution in [3.05, 3.63) is 71.8 Å². The van der Waals surface area contributed by atoms with E-state index in [2.05, 4.69) is 40.1 Å². The van der Waals surface area contributed by atoms with Crippen molar-refractivity contribution in [3.8, 4) is 0 Å². The van der Waals surface area contributed by atoms with E-state index < -0.39 is 0 Å². The Morgan fingerprint density at radius 1 is 1.12 bits per heavy atom. The van der Waals surface area contributed by atoms with Crippen molar-refractivity contribution >= 4 is 11.7 Å². The first-order valence-electron chi connectivity index (χ1n) is 8.52. The number of nitrogens with one attached hydrogen (secondary N) is 2. The molecule has 0 spiro atoms. The lowest BCUT2D eigenvalue weighted by molar-refractivity contribution is 0.0579. The lowest BCUT2D eigenvalue weighted by Crippen LogP contribution is -2.48. The van der Waals surface area contributed by atoms with Gasteiger partial charge in [-0.15, -0.1) is 0 Å². The normalized spacial score (nSPS) is 17.3. The Kier molecular flexibility index (Phi) is 5.67. The molecule has 5 heteroatoms. The predicted octanol–water partition coefficient (Wildman–Crippen LogP) is 2.91. The fourth-order valence-corrected chi connectivity index (χ4v) is 2.98. The molecule has 2 unspecified atom stereocenters. The highest BCUT2D eigenvalue weighted by atomic mass is 16.6. The first kappa shape index (κ1) is 17.0. The van der Waals surface area contributed by atoms with E-state index in [0.29, 0.717) is 6.42 Å². The van der Waals surface area contributed by atoms with Crippen LogP contribution in [0.3, 0.4) is 0 Å². The smallest absolute Gasteiger partial charge is 0.314 e. The average molecular weight is 337 g/mol. The van der Waals surface area contributed by atoms with Gasteiger partial charge in [-0.25, -0.2) is 4.79 Å². The van der Waals surface area contributed by atoms with Crippen LogP contribution in [0.5, 0.6) is 0 Å². The third kappa shape index (κ3) is 4.83. The van der Waals surface area contributed by atoms with Crippen LogP contribution in [0.2, 0.25) is 0 Å². The molecule has 130 valence electrons. The SMILES string of the molecule is CNC(=O)NC(Cc1ccccc1)C1CC(Cc2ccccc2)=NO1. The van der Waals surface area contributed by atoms with Crippen LogP contribution in [-0.2, 0) is 17.7 Å². The van der Waals surface area contributed by atoms with Gasteiger partial charge in [-0.3, -0.25) is 0 Å². The molecule has 1 heterocycles. The second-order valence-electron chi connectivity index (χ2n) is 6.19. The van der Waals surface area contributed by atoms with Gasteiger partial charge in [0.2, 0.25) is 0 Å². The third-order valence-corrected chi connectivity index (χ3v) is 4.30. The molecule has 0 fully saturated rings. The van der Waals surface area contributed by atoms with Crippen LogP contribution < -0.4 is 10.6 Å². The summed E-state index contributed by atoms with van der Waals surface area (Å²) in [6, 6.07) is 20.0. The Hall–Kier alpha value is -2.82. The highest BCUT2D eigenvalue weighted by Gasteiger charge is 2.30. The van der Waals surface area contributed by atoms with Crippen molar-refractivity contribution in [2.24, 2.45) is 5.16 Å². The first-order chi connectivity index (χ1) is 12.2. The Bertz CT molecular complexity index is 716. The molecule has 2 amide bonds. The molecule has 0 bridgehead atoms. The summed E-state index contributed by atoms with van der Waals surface area (Å²) in [5.41, 5.74) is 3.38. The van der Waals surface area contributed by atoms with Gasteiger partial charge in [-0.1, -0.05) is 65.8 Å². The quantitative estimate of drug-likeness (QED) is 0.851. The summed E-state index contributed by atoms with van der Waals surface area (Å²) >= 11 is 0. The van der Waals surface area contributed by atoms with Crippen molar-refractivity contribution in [2.75, 3.05) is 7.05 Å². The van der Waals surface area contributed by atoms with Crippen LogP contribution in [0.4, 0.5) is 4.79 Å². The highest BCUT2D eigenvalue weighted by Crippen LogP contribution is 2.20. The summed E-state index contributed by atoms with van der Waals surface area (Å²) in [6.45, 7) is 0. The van der Waals surface area contributed by atoms with Gasteiger partial charge in [0.1, 0.15) is 0 Å². The molecule has 0 aromatic heterocycles. The fraction of sp³-hybridized carbons (Fsp3) is 0.300. The van der Waals surface area contributed by atoms with Gasteiger partial charge in [0.15, 0.2) is 6.10 Å². The van der Waals surface area contributed by atoms with E-state index in [1.54, 1.807) is 7.05 Å². The van der Waals surface area contributed by atoms with Crippen LogP contribution in [0, 0.1) is 0 Å². The number of nitrogens with zero attached hydrogens (tertiary/aromatic N) is 1. The zero-order valence-corrected chi connectivity index (χ0v) is 14.3. The van der Waals surface area contributed by atoms with Crippen molar-refractivity contribution in [1.82, 2.24) is 10.6 Å². The first-order valence-corrected chi connectivity index (χ1v) is 8.52. The monoisotopic (exact) mass is 337 g/mol. The van der Waals surface area contributed by atoms with E-state index in [9.17, 15) is 4.79 Å². The minimum Gasteiger partial charge on any atom is -0.390 e. The van der Waals surface area contributed by atoms with Crippen LogP contribution >= 0.6 is 0 Å². The molecule has 2 aromatic carbocycles. The highest BCUT2D eigenvalue weighted by molar-refractivity contribution is 5.87. The van der Waals surface area contributed by atoms with Gasteiger partial charge in [-0.2, -0.15) is 0 Å². The lowest BCUT2D eigenvalue weighted by atomic mass is 9.96. The lowest BCUT2D eigenvalue weighted by Gasteiger charge is -2.23. The summed E-state index contributed by atoms with van der Waals surface area (Å²) in [6.07, 6.45) is 2.04. The van der Waals surface area contributed by atoms with Gasteiger partial charge in [-0.05, 0) is 17.5 Å². The summed E-state index contributed by atoms with van der Waals surface area (Å²) in [7, 11) is 1.61. The van der Waals surface area contributed by atoms with E-state index in [-0.39, 0.29) is 18.2 Å². The Morgan fingerprint density at radius 2 is 1.76 bits per heavy atom. The molecule has 25 heavy (non-hydrogen) atoms. The molecular weight excluding hydrogens is 314 g/mol. The number of hydrogen-bond acceptors (Lipinski definition) is 3. The van der Waals surface area contributed by atoms with E-state index in [1.165, 1.54) is 5.56 Å². The minimum absolute atomic E-state index is 0.139. The second kappa shape index (κ2) is 8.33. The number of oxime groups is 1. The van der Waals surface area contributed by atoms with Crippen LogP contribution in [0.1, 0.15) is 17.5 Å². The van der Waals surface area contributed by atoms with Crippen LogP contribution in [0.25, 0.3) is 0 Å². The zero-order chi connectivity index (χ0) is 17.5. The number of urea groups is 1. The second-order valence-corrected chi connectivity index (χ2v) is 6.19. The Morgan fingerprint density at radius 3 is 2.40 bits per heavy atom. The molecular formula is C20H23N3O2. The number of hydrogen-bond donors (Lipinski definition) is 2. The van der Waals surface area contributed by atoms with E-state index in [1.807, 2.05) is 36.4 Å². The molecule has 0 saturated carbocycles. The van der Waals surface area contributed by atoms with Gasteiger partial charge in [0.05, 0.1) is 11.8 Å². The summed E-state index contributed by atoms with van der Waals surface area (Å²) < 4.78 is 0. The molecule has 3 rings (SSSR count). The maximum Gasteiger partial charge on any atom is 0.314 e. The molecule has 2 aromatic rings. The molecule has 1 aliphatic heterocycles. The zero-order valence-electron chi connectivity index (χ0n) is 14.3. The summed E-state index contributed by atoms with van der Waals surface area (Å²) in [5, 5.41) is 9.86. The van der Waals surface area contributed by atoms with Crippen molar-refractivity contribution in [2.45, 2.75) is 31.4 Å². The predicted molar refractivity (Wildman–Crippen MR) is 98.6 cm³/mol. The molecule has 2 atom stereocenters. The summed E-state index contributed by atoms with van der Waals surface area (Å²) in [5.74, 6) is 0. The average Bonchev–Trinajstić information content (AvgIpc) is 3.11. The van der Waals surface area contributed by atoms with Crippen molar-refractivity contribution < 1.29 is 9.63 Å². The van der Waals surface area contributed by atoms with E-state index in [0.717, 1.165) is 24.1 Å². The number of amides is 2. The minimum atomic E-state index is -0.207. The molecule has 0 radical (unpaired) electrons. The molecule has 2 N–H and O–H groups in total. The number of carbonyl (C=O) groups is 1. The Balaban J connectivity index is 1.64. The molecule has 5 nitrogen and oxygen atoms in total. The van der Waals surface area contributed by atoms with Crippen molar-refractivity contribution in [3.63, 3.8) is 0 Å². The maximum atomic E-state index is 11.8. The van der Waals surface area contributed by atoms with E-state index >= 15 is 0 Å². The van der Waals surface area contributed by atoms with Crippen LogP contribution in [0.15, 0.2) is 65.8 Å². The topological polar surface area (TPSA) is 62.7 Å². The molecule has 0 saturated heterocycles. The molecule has 0 aliphatic carbocycles. The van der Waals surface area contributed by atoms with Gasteiger partial charge in [0.25, 0.3) is 0 Å². The number of rotatable bonds is 6. The van der Waals surface area contributed by atoms with Gasteiger partial charge >= 0.3 is 6.03 Å². The van der Waals surface area contributed by atoms with E-state index in [4.69, 9.17) is 4.84 Å². The fourth-order valence-electron chi connectivity index (χ4n) is 2.98. The standard InChI is InChI=1S/C20H23N3O2/c1-21-20(24)22-18(13-16-10-6-3-7-11-16)19-14-17(23-25-19)12-15-8-4-2-5-9-15/h2-11,18-19H,12-14H2,1H3,(H2,21,22,24).